The van der Waals surface area contributed by atoms with Gasteiger partial charge in [0.15, 0.2) is 0 Å². The molecule has 16 heavy (non-hydrogen) atoms. The van der Waals surface area contributed by atoms with Gasteiger partial charge in [-0.2, -0.15) is 0 Å². The van der Waals surface area contributed by atoms with Crippen molar-refractivity contribution in [3.05, 3.63) is 34.9 Å². The van der Waals surface area contributed by atoms with Gasteiger partial charge < -0.3 is 10.5 Å². The molecule has 2 N–H and O–H groups in total. The molecule has 3 nitrogen and oxygen atoms in total. The quantitative estimate of drug-likeness (QED) is 0.742. The Balaban J connectivity index is 2.62. The van der Waals surface area contributed by atoms with E-state index in [2.05, 4.69) is 32.0 Å². The predicted octanol–water partition coefficient (Wildman–Crippen LogP) is 1.59. The van der Waals surface area contributed by atoms with E-state index in [1.807, 2.05) is 0 Å². The summed E-state index contributed by atoms with van der Waals surface area (Å²) in [5.41, 5.74) is 9.45. The summed E-state index contributed by atoms with van der Waals surface area (Å²) in [6.07, 6.45) is 0.853. The molecule has 0 aliphatic carbocycles. The Morgan fingerprint density at radius 2 is 2.12 bits per heavy atom. The summed E-state index contributed by atoms with van der Waals surface area (Å²) in [6, 6.07) is 6.38. The number of aryl methyl sites for hydroxylation is 2. The number of ether oxygens (including phenoxy) is 1. The van der Waals surface area contributed by atoms with E-state index in [1.54, 1.807) is 0 Å². The van der Waals surface area contributed by atoms with Crippen LogP contribution >= 0.6 is 0 Å². The zero-order chi connectivity index (χ0) is 12.0. The second-order valence-electron chi connectivity index (χ2n) is 4.15. The van der Waals surface area contributed by atoms with Crippen LogP contribution in [0.25, 0.3) is 0 Å². The Bertz CT molecular complexity index is 350. The summed E-state index contributed by atoms with van der Waals surface area (Å²) < 4.78 is 4.75. The first-order chi connectivity index (χ1) is 7.67. The fraction of sp³-hybridized carbons (Fsp3) is 0.462. The number of carbonyl (C=O) groups excluding carboxylic acids is 1. The lowest BCUT2D eigenvalue weighted by Crippen LogP contribution is -2.22. The van der Waals surface area contributed by atoms with Crippen molar-refractivity contribution >= 4 is 6.47 Å². The van der Waals surface area contributed by atoms with Crippen molar-refractivity contribution in [3.8, 4) is 0 Å². The Kier molecular flexibility index (Phi) is 4.99. The van der Waals surface area contributed by atoms with Crippen molar-refractivity contribution in [1.82, 2.24) is 0 Å². The third kappa shape index (κ3) is 3.66. The highest BCUT2D eigenvalue weighted by Gasteiger charge is 2.08. The van der Waals surface area contributed by atoms with Gasteiger partial charge in [-0.3, -0.25) is 4.79 Å². The van der Waals surface area contributed by atoms with Crippen molar-refractivity contribution in [2.45, 2.75) is 20.3 Å². The minimum atomic E-state index is 0.201. The molecule has 0 fully saturated rings. The number of rotatable bonds is 6. The van der Waals surface area contributed by atoms with Crippen LogP contribution in [0.3, 0.4) is 0 Å². The minimum absolute atomic E-state index is 0.201. The monoisotopic (exact) mass is 221 g/mol. The zero-order valence-electron chi connectivity index (χ0n) is 9.90. The van der Waals surface area contributed by atoms with Crippen LogP contribution in [0.1, 0.15) is 16.7 Å². The van der Waals surface area contributed by atoms with E-state index in [0.717, 1.165) is 6.42 Å². The highest BCUT2D eigenvalue weighted by molar-refractivity contribution is 5.37. The number of carbonyl (C=O) groups is 1. The molecule has 0 aliphatic rings. The molecule has 3 heteroatoms. The third-order valence-electron chi connectivity index (χ3n) is 2.83. The molecular weight excluding hydrogens is 202 g/mol. The van der Waals surface area contributed by atoms with E-state index in [4.69, 9.17) is 10.5 Å². The largest absolute Gasteiger partial charge is 0.468 e. The summed E-state index contributed by atoms with van der Waals surface area (Å²) in [5, 5.41) is 0. The van der Waals surface area contributed by atoms with E-state index < -0.39 is 0 Å². The van der Waals surface area contributed by atoms with Gasteiger partial charge in [0.2, 0.25) is 0 Å². The van der Waals surface area contributed by atoms with Crippen molar-refractivity contribution in [2.75, 3.05) is 13.2 Å². The van der Waals surface area contributed by atoms with Gasteiger partial charge in [0.25, 0.3) is 6.47 Å². The number of hydrogen-bond acceptors (Lipinski definition) is 3. The number of benzene rings is 1. The van der Waals surface area contributed by atoms with Gasteiger partial charge in [0.1, 0.15) is 0 Å². The molecule has 1 unspecified atom stereocenters. The summed E-state index contributed by atoms with van der Waals surface area (Å²) in [6.45, 7) is 5.59. The lowest BCUT2D eigenvalue weighted by Gasteiger charge is -2.14. The van der Waals surface area contributed by atoms with Gasteiger partial charge in [0, 0.05) is 5.92 Å². The van der Waals surface area contributed by atoms with Crippen LogP contribution in [0.2, 0.25) is 0 Å². The van der Waals surface area contributed by atoms with Gasteiger partial charge in [-0.25, -0.2) is 0 Å². The van der Waals surface area contributed by atoms with Gasteiger partial charge in [-0.1, -0.05) is 18.2 Å². The molecule has 1 aromatic carbocycles. The van der Waals surface area contributed by atoms with Gasteiger partial charge in [-0.05, 0) is 43.5 Å². The first-order valence-corrected chi connectivity index (χ1v) is 5.48. The Morgan fingerprint density at radius 3 is 2.69 bits per heavy atom. The van der Waals surface area contributed by atoms with Crippen LogP contribution in [0.5, 0.6) is 0 Å². The first kappa shape index (κ1) is 12.7. The molecule has 88 valence electrons. The van der Waals surface area contributed by atoms with E-state index in [9.17, 15) is 4.79 Å². The van der Waals surface area contributed by atoms with Crippen LogP contribution in [0, 0.1) is 19.8 Å². The average Bonchev–Trinajstić information content (AvgIpc) is 2.29. The normalized spacial score (nSPS) is 12.2. The van der Waals surface area contributed by atoms with Crippen LogP contribution in [0.15, 0.2) is 18.2 Å². The molecular formula is C13H19NO2. The molecule has 1 aromatic rings. The predicted molar refractivity (Wildman–Crippen MR) is 64.2 cm³/mol. The van der Waals surface area contributed by atoms with Gasteiger partial charge in [-0.15, -0.1) is 0 Å². The maximum absolute atomic E-state index is 10.1. The van der Waals surface area contributed by atoms with E-state index in [1.165, 1.54) is 16.7 Å². The second-order valence-corrected chi connectivity index (χ2v) is 4.15. The topological polar surface area (TPSA) is 52.3 Å². The molecule has 0 aromatic heterocycles. The SMILES string of the molecule is Cc1ccc(CC(CN)COC=O)cc1C. The van der Waals surface area contributed by atoms with Crippen LogP contribution in [0.4, 0.5) is 0 Å². The van der Waals surface area contributed by atoms with Gasteiger partial charge >= 0.3 is 0 Å². The molecule has 1 atom stereocenters. The van der Waals surface area contributed by atoms with Crippen molar-refractivity contribution in [2.24, 2.45) is 11.7 Å². The zero-order valence-corrected chi connectivity index (χ0v) is 9.90. The Hall–Kier alpha value is -1.35. The molecule has 0 bridgehead atoms. The molecule has 0 heterocycles. The van der Waals surface area contributed by atoms with E-state index >= 15 is 0 Å². The molecule has 0 radical (unpaired) electrons. The highest BCUT2D eigenvalue weighted by atomic mass is 16.5. The fourth-order valence-corrected chi connectivity index (χ4v) is 1.65. The maximum Gasteiger partial charge on any atom is 0.293 e. The molecule has 0 amide bonds. The standard InChI is InChI=1S/C13H19NO2/c1-10-3-4-12(5-11(10)2)6-13(7-14)8-16-9-15/h3-5,9,13H,6-8,14H2,1-2H3. The van der Waals surface area contributed by atoms with Crippen molar-refractivity contribution < 1.29 is 9.53 Å². The molecule has 1 rings (SSSR count). The lowest BCUT2D eigenvalue weighted by atomic mass is 9.97. The Labute approximate surface area is 96.6 Å². The second kappa shape index (κ2) is 6.28. The number of nitrogens with two attached hydrogens (primary N) is 1. The summed E-state index contributed by atoms with van der Waals surface area (Å²) in [4.78, 5) is 10.1. The average molecular weight is 221 g/mol. The van der Waals surface area contributed by atoms with Crippen LogP contribution in [-0.2, 0) is 16.0 Å². The summed E-state index contributed by atoms with van der Waals surface area (Å²) in [5.74, 6) is 0.201. The smallest absolute Gasteiger partial charge is 0.293 e. The van der Waals surface area contributed by atoms with Crippen molar-refractivity contribution in [1.29, 1.82) is 0 Å². The van der Waals surface area contributed by atoms with E-state index in [0.29, 0.717) is 19.6 Å². The number of hydrogen-bond donors (Lipinski definition) is 1. The fourth-order valence-electron chi connectivity index (χ4n) is 1.65. The molecule has 0 aliphatic heterocycles. The summed E-state index contributed by atoms with van der Waals surface area (Å²) in [7, 11) is 0. The van der Waals surface area contributed by atoms with E-state index in [-0.39, 0.29) is 5.92 Å². The first-order valence-electron chi connectivity index (χ1n) is 5.48. The Morgan fingerprint density at radius 1 is 1.38 bits per heavy atom. The lowest BCUT2D eigenvalue weighted by molar-refractivity contribution is -0.129. The maximum atomic E-state index is 10.1. The molecule has 0 saturated carbocycles. The van der Waals surface area contributed by atoms with Crippen molar-refractivity contribution in [3.63, 3.8) is 0 Å². The summed E-state index contributed by atoms with van der Waals surface area (Å²) >= 11 is 0. The molecule has 0 saturated heterocycles. The van der Waals surface area contributed by atoms with Crippen LogP contribution in [-0.4, -0.2) is 19.6 Å². The minimum Gasteiger partial charge on any atom is -0.468 e. The molecule has 0 spiro atoms. The third-order valence-corrected chi connectivity index (χ3v) is 2.83. The van der Waals surface area contributed by atoms with Crippen LogP contribution < -0.4 is 5.73 Å². The van der Waals surface area contributed by atoms with Gasteiger partial charge in [0.05, 0.1) is 6.61 Å². The highest BCUT2D eigenvalue weighted by Crippen LogP contribution is 2.13.